The number of nitrogens with one attached hydrogen (secondary N) is 2. The molecule has 24 heavy (non-hydrogen) atoms. The van der Waals surface area contributed by atoms with Crippen molar-refractivity contribution in [2.45, 2.75) is 37.8 Å². The highest BCUT2D eigenvalue weighted by Crippen LogP contribution is 2.29. The van der Waals surface area contributed by atoms with Gasteiger partial charge in [-0.3, -0.25) is 0 Å². The largest absolute Gasteiger partial charge is 0.379 e. The maximum absolute atomic E-state index is 5.67. The summed E-state index contributed by atoms with van der Waals surface area (Å²) in [6.45, 7) is 3.81. The van der Waals surface area contributed by atoms with E-state index in [0.717, 1.165) is 38.6 Å². The van der Waals surface area contributed by atoms with Gasteiger partial charge in [0.25, 0.3) is 0 Å². The van der Waals surface area contributed by atoms with Crippen LogP contribution in [0.5, 0.6) is 0 Å². The van der Waals surface area contributed by atoms with Crippen molar-refractivity contribution in [3.05, 3.63) is 48.0 Å². The van der Waals surface area contributed by atoms with Crippen LogP contribution in [0.4, 0.5) is 0 Å². The maximum atomic E-state index is 5.67. The highest BCUT2D eigenvalue weighted by Gasteiger charge is 2.34. The fourth-order valence-electron chi connectivity index (χ4n) is 4.49. The summed E-state index contributed by atoms with van der Waals surface area (Å²) in [4.78, 5) is 0. The van der Waals surface area contributed by atoms with Gasteiger partial charge in [0.15, 0.2) is 0 Å². The molecule has 3 nitrogen and oxygen atoms in total. The zero-order chi connectivity index (χ0) is 16.2. The molecule has 3 heteroatoms. The molecule has 128 valence electrons. The number of ether oxygens (including phenoxy) is 1. The van der Waals surface area contributed by atoms with Crippen LogP contribution in [-0.2, 0) is 11.2 Å². The third kappa shape index (κ3) is 3.49. The molecule has 2 fully saturated rings. The number of rotatable bonds is 5. The summed E-state index contributed by atoms with van der Waals surface area (Å²) in [6.07, 6.45) is 5.07. The van der Waals surface area contributed by atoms with Gasteiger partial charge in [0, 0.05) is 18.6 Å². The minimum Gasteiger partial charge on any atom is -0.379 e. The Kier molecular flexibility index (Phi) is 5.12. The molecule has 1 saturated carbocycles. The van der Waals surface area contributed by atoms with E-state index in [1.807, 2.05) is 0 Å². The molecule has 1 heterocycles. The molecule has 2 N–H and O–H groups in total. The fourth-order valence-corrected chi connectivity index (χ4v) is 4.49. The van der Waals surface area contributed by atoms with Gasteiger partial charge >= 0.3 is 0 Å². The third-order valence-electron chi connectivity index (χ3n) is 5.72. The molecule has 1 aliphatic carbocycles. The van der Waals surface area contributed by atoms with Gasteiger partial charge in [0.2, 0.25) is 0 Å². The summed E-state index contributed by atoms with van der Waals surface area (Å²) in [5.74, 6) is 0.720. The third-order valence-corrected chi connectivity index (χ3v) is 5.72. The summed E-state index contributed by atoms with van der Waals surface area (Å²) >= 11 is 0. The van der Waals surface area contributed by atoms with Crippen molar-refractivity contribution in [3.8, 4) is 0 Å². The van der Waals surface area contributed by atoms with Crippen LogP contribution >= 0.6 is 0 Å². The van der Waals surface area contributed by atoms with E-state index in [1.165, 1.54) is 35.6 Å². The molecule has 0 amide bonds. The summed E-state index contributed by atoms with van der Waals surface area (Å²) in [5, 5.41) is 10.2. The van der Waals surface area contributed by atoms with E-state index in [-0.39, 0.29) is 0 Å². The lowest BCUT2D eigenvalue weighted by Gasteiger charge is -2.33. The van der Waals surface area contributed by atoms with E-state index in [2.05, 4.69) is 53.1 Å². The molecule has 2 aromatic rings. The summed E-state index contributed by atoms with van der Waals surface area (Å²) < 4.78 is 5.67. The Balaban J connectivity index is 1.36. The quantitative estimate of drug-likeness (QED) is 0.886. The van der Waals surface area contributed by atoms with E-state index in [9.17, 15) is 0 Å². The standard InChI is InChI=1S/C21H28N2O/c1-2-8-18-16(5-1)6-3-7-17(18)11-12-22-20-10-4-9-19(20)21-15-24-14-13-23-21/h1-3,5-8,19-23H,4,9-15H2. The molecule has 1 saturated heterocycles. The molecule has 2 aromatic carbocycles. The lowest BCUT2D eigenvalue weighted by atomic mass is 9.93. The van der Waals surface area contributed by atoms with Crippen LogP contribution in [0.1, 0.15) is 24.8 Å². The normalized spacial score (nSPS) is 27.6. The zero-order valence-corrected chi connectivity index (χ0v) is 14.3. The van der Waals surface area contributed by atoms with Crippen LogP contribution in [0.25, 0.3) is 10.8 Å². The second-order valence-corrected chi connectivity index (χ2v) is 7.18. The van der Waals surface area contributed by atoms with Gasteiger partial charge < -0.3 is 15.4 Å². The summed E-state index contributed by atoms with van der Waals surface area (Å²) in [7, 11) is 0. The van der Waals surface area contributed by atoms with Crippen LogP contribution in [-0.4, -0.2) is 38.4 Å². The summed E-state index contributed by atoms with van der Waals surface area (Å²) in [5.41, 5.74) is 1.45. The first-order valence-electron chi connectivity index (χ1n) is 9.43. The van der Waals surface area contributed by atoms with Gasteiger partial charge in [0.05, 0.1) is 13.2 Å². The molecular weight excluding hydrogens is 296 g/mol. The topological polar surface area (TPSA) is 33.3 Å². The predicted octanol–water partition coefficient (Wildman–Crippen LogP) is 3.13. The van der Waals surface area contributed by atoms with Gasteiger partial charge in [0.1, 0.15) is 0 Å². The van der Waals surface area contributed by atoms with E-state index >= 15 is 0 Å². The Morgan fingerprint density at radius 3 is 2.92 bits per heavy atom. The highest BCUT2D eigenvalue weighted by molar-refractivity contribution is 5.85. The minimum atomic E-state index is 0.538. The van der Waals surface area contributed by atoms with Gasteiger partial charge in [-0.1, -0.05) is 48.9 Å². The average Bonchev–Trinajstić information content (AvgIpc) is 3.11. The molecule has 0 bridgehead atoms. The van der Waals surface area contributed by atoms with Crippen molar-refractivity contribution in [3.63, 3.8) is 0 Å². The molecular formula is C21H28N2O. The van der Waals surface area contributed by atoms with Crippen molar-refractivity contribution < 1.29 is 4.74 Å². The van der Waals surface area contributed by atoms with Crippen LogP contribution in [0.15, 0.2) is 42.5 Å². The van der Waals surface area contributed by atoms with Crippen LogP contribution in [0.3, 0.4) is 0 Å². The van der Waals surface area contributed by atoms with Crippen molar-refractivity contribution in [2.75, 3.05) is 26.3 Å². The van der Waals surface area contributed by atoms with E-state index in [0.29, 0.717) is 12.1 Å². The second kappa shape index (κ2) is 7.64. The van der Waals surface area contributed by atoms with Crippen molar-refractivity contribution in [1.82, 2.24) is 10.6 Å². The van der Waals surface area contributed by atoms with Crippen molar-refractivity contribution in [1.29, 1.82) is 0 Å². The SMILES string of the molecule is c1ccc2c(CCNC3CCCC3C3COCCN3)cccc2c1. The Morgan fingerprint density at radius 2 is 2.00 bits per heavy atom. The Hall–Kier alpha value is -1.42. The molecule has 3 unspecified atom stereocenters. The molecule has 0 aromatic heterocycles. The van der Waals surface area contributed by atoms with Crippen LogP contribution < -0.4 is 10.6 Å². The van der Waals surface area contributed by atoms with Crippen LogP contribution in [0.2, 0.25) is 0 Å². The number of fused-ring (bicyclic) bond motifs is 1. The van der Waals surface area contributed by atoms with Gasteiger partial charge in [-0.2, -0.15) is 0 Å². The van der Waals surface area contributed by atoms with E-state index < -0.39 is 0 Å². The lowest BCUT2D eigenvalue weighted by molar-refractivity contribution is 0.0526. The Morgan fingerprint density at radius 1 is 1.08 bits per heavy atom. The smallest absolute Gasteiger partial charge is 0.0623 e. The Labute approximate surface area is 144 Å². The summed E-state index contributed by atoms with van der Waals surface area (Å²) in [6, 6.07) is 16.5. The average molecular weight is 324 g/mol. The second-order valence-electron chi connectivity index (χ2n) is 7.18. The zero-order valence-electron chi connectivity index (χ0n) is 14.3. The molecule has 1 aliphatic heterocycles. The van der Waals surface area contributed by atoms with Gasteiger partial charge in [-0.05, 0) is 48.1 Å². The lowest BCUT2D eigenvalue weighted by Crippen LogP contribution is -2.51. The van der Waals surface area contributed by atoms with E-state index in [1.54, 1.807) is 0 Å². The first-order valence-corrected chi connectivity index (χ1v) is 9.43. The molecule has 2 aliphatic rings. The molecule has 3 atom stereocenters. The monoisotopic (exact) mass is 324 g/mol. The Bertz CT molecular complexity index is 660. The molecule has 0 radical (unpaired) electrons. The highest BCUT2D eigenvalue weighted by atomic mass is 16.5. The van der Waals surface area contributed by atoms with Gasteiger partial charge in [-0.15, -0.1) is 0 Å². The number of hydrogen-bond acceptors (Lipinski definition) is 3. The number of hydrogen-bond donors (Lipinski definition) is 2. The fraction of sp³-hybridized carbons (Fsp3) is 0.524. The predicted molar refractivity (Wildman–Crippen MR) is 99.4 cm³/mol. The molecule has 4 rings (SSSR count). The maximum Gasteiger partial charge on any atom is 0.0623 e. The van der Waals surface area contributed by atoms with Crippen molar-refractivity contribution >= 4 is 10.8 Å². The number of morpholine rings is 1. The number of benzene rings is 2. The first-order chi connectivity index (χ1) is 11.9. The van der Waals surface area contributed by atoms with Crippen molar-refractivity contribution in [2.24, 2.45) is 5.92 Å². The van der Waals surface area contributed by atoms with Crippen LogP contribution in [0, 0.1) is 5.92 Å². The van der Waals surface area contributed by atoms with Gasteiger partial charge in [-0.25, -0.2) is 0 Å². The molecule has 0 spiro atoms. The van der Waals surface area contributed by atoms with E-state index in [4.69, 9.17) is 4.74 Å². The first kappa shape index (κ1) is 16.1. The minimum absolute atomic E-state index is 0.538.